The fourth-order valence-corrected chi connectivity index (χ4v) is 0.718. The van der Waals surface area contributed by atoms with Gasteiger partial charge in [0.2, 0.25) is 5.75 Å². The number of aromatic hydroxyl groups is 1. The average molecular weight is 155 g/mol. The van der Waals surface area contributed by atoms with Crippen LogP contribution in [0.1, 0.15) is 5.82 Å². The molecular formula is C6H9N3O2. The van der Waals surface area contributed by atoms with Crippen LogP contribution in [0.5, 0.6) is 5.75 Å². The van der Waals surface area contributed by atoms with Crippen molar-refractivity contribution in [3.63, 3.8) is 0 Å². The fourth-order valence-electron chi connectivity index (χ4n) is 0.718. The molecule has 1 heterocycles. The number of nitrogen functional groups attached to an aromatic ring is 1. The van der Waals surface area contributed by atoms with E-state index >= 15 is 0 Å². The molecule has 0 aliphatic rings. The average Bonchev–Trinajstić information content (AvgIpc) is 1.97. The summed E-state index contributed by atoms with van der Waals surface area (Å²) in [5.41, 5.74) is 4.70. The first kappa shape index (κ1) is 7.59. The SMILES string of the molecule is Cc1nc(N)c(O)c(=O)n1C. The van der Waals surface area contributed by atoms with Crippen LogP contribution in [0.3, 0.4) is 0 Å². The van der Waals surface area contributed by atoms with Gasteiger partial charge in [0.05, 0.1) is 0 Å². The second-order valence-corrected chi connectivity index (χ2v) is 2.26. The number of nitrogens with zero attached hydrogens (tertiary/aromatic N) is 2. The number of hydrogen-bond acceptors (Lipinski definition) is 4. The van der Waals surface area contributed by atoms with E-state index < -0.39 is 11.3 Å². The molecule has 0 aliphatic carbocycles. The first-order valence-electron chi connectivity index (χ1n) is 3.06. The fraction of sp³-hybridized carbons (Fsp3) is 0.333. The van der Waals surface area contributed by atoms with Crippen molar-refractivity contribution in [2.45, 2.75) is 6.92 Å². The molecule has 5 nitrogen and oxygen atoms in total. The zero-order valence-electron chi connectivity index (χ0n) is 6.33. The largest absolute Gasteiger partial charge is 0.500 e. The Hall–Kier alpha value is -1.52. The van der Waals surface area contributed by atoms with Crippen molar-refractivity contribution in [3.8, 4) is 5.75 Å². The molecule has 1 aromatic heterocycles. The first-order valence-corrected chi connectivity index (χ1v) is 3.06. The van der Waals surface area contributed by atoms with Gasteiger partial charge in [0.25, 0.3) is 5.56 Å². The van der Waals surface area contributed by atoms with Crippen molar-refractivity contribution >= 4 is 5.82 Å². The van der Waals surface area contributed by atoms with Crippen LogP contribution >= 0.6 is 0 Å². The van der Waals surface area contributed by atoms with Gasteiger partial charge in [-0.25, -0.2) is 4.98 Å². The lowest BCUT2D eigenvalue weighted by atomic mass is 10.5. The Bertz CT molecular complexity index is 313. The van der Waals surface area contributed by atoms with E-state index in [0.717, 1.165) is 0 Å². The molecule has 3 N–H and O–H groups in total. The number of hydrogen-bond donors (Lipinski definition) is 2. The predicted octanol–water partition coefficient (Wildman–Crippen LogP) is -0.623. The molecule has 0 aliphatic heterocycles. The van der Waals surface area contributed by atoms with Crippen LogP contribution in [0.2, 0.25) is 0 Å². The van der Waals surface area contributed by atoms with Crippen LogP contribution in [-0.4, -0.2) is 14.7 Å². The summed E-state index contributed by atoms with van der Waals surface area (Å²) in [5, 5.41) is 8.99. The summed E-state index contributed by atoms with van der Waals surface area (Å²) in [6.07, 6.45) is 0. The summed E-state index contributed by atoms with van der Waals surface area (Å²) < 4.78 is 1.23. The van der Waals surface area contributed by atoms with Crippen molar-refractivity contribution in [2.75, 3.05) is 5.73 Å². The molecule has 0 fully saturated rings. The summed E-state index contributed by atoms with van der Waals surface area (Å²) in [5.74, 6) is -0.131. The van der Waals surface area contributed by atoms with E-state index in [-0.39, 0.29) is 5.82 Å². The molecule has 0 amide bonds. The molecule has 0 saturated carbocycles. The minimum atomic E-state index is -0.519. The van der Waals surface area contributed by atoms with E-state index in [1.54, 1.807) is 6.92 Å². The van der Waals surface area contributed by atoms with Gasteiger partial charge in [-0.05, 0) is 6.92 Å². The molecule has 0 radical (unpaired) electrons. The van der Waals surface area contributed by atoms with Crippen LogP contribution in [0.4, 0.5) is 5.82 Å². The topological polar surface area (TPSA) is 81.1 Å². The van der Waals surface area contributed by atoms with Crippen LogP contribution in [0, 0.1) is 6.92 Å². The Balaban J connectivity index is 3.59. The van der Waals surface area contributed by atoms with Crippen LogP contribution < -0.4 is 11.3 Å². The second-order valence-electron chi connectivity index (χ2n) is 2.26. The van der Waals surface area contributed by atoms with Crippen molar-refractivity contribution in [1.82, 2.24) is 9.55 Å². The molecule has 0 spiro atoms. The summed E-state index contributed by atoms with van der Waals surface area (Å²) in [6, 6.07) is 0. The van der Waals surface area contributed by atoms with Gasteiger partial charge in [-0.3, -0.25) is 9.36 Å². The molecular weight excluding hydrogens is 146 g/mol. The third-order valence-corrected chi connectivity index (χ3v) is 1.52. The standard InChI is InChI=1S/C6H9N3O2/c1-3-8-5(7)4(10)6(11)9(3)2/h10H,7H2,1-2H3. The summed E-state index contributed by atoms with van der Waals surface area (Å²) in [7, 11) is 1.52. The number of anilines is 1. The van der Waals surface area contributed by atoms with E-state index in [2.05, 4.69) is 4.98 Å². The molecule has 0 bridgehead atoms. The first-order chi connectivity index (χ1) is 5.04. The zero-order valence-corrected chi connectivity index (χ0v) is 6.33. The lowest BCUT2D eigenvalue weighted by molar-refractivity contribution is 0.458. The molecule has 60 valence electrons. The lowest BCUT2D eigenvalue weighted by Gasteiger charge is -2.03. The summed E-state index contributed by atoms with van der Waals surface area (Å²) in [4.78, 5) is 14.7. The molecule has 0 saturated heterocycles. The molecule has 0 unspecified atom stereocenters. The zero-order chi connectivity index (χ0) is 8.59. The third-order valence-electron chi connectivity index (χ3n) is 1.52. The van der Waals surface area contributed by atoms with E-state index in [4.69, 9.17) is 10.8 Å². The molecule has 0 atom stereocenters. The van der Waals surface area contributed by atoms with Gasteiger partial charge >= 0.3 is 0 Å². The Morgan fingerprint density at radius 2 is 2.18 bits per heavy atom. The van der Waals surface area contributed by atoms with Crippen LogP contribution in [-0.2, 0) is 7.05 Å². The van der Waals surface area contributed by atoms with Gasteiger partial charge in [0.15, 0.2) is 5.82 Å². The molecule has 1 rings (SSSR count). The normalized spacial score (nSPS) is 10.0. The Morgan fingerprint density at radius 1 is 1.64 bits per heavy atom. The van der Waals surface area contributed by atoms with Crippen LogP contribution in [0.15, 0.2) is 4.79 Å². The van der Waals surface area contributed by atoms with E-state index in [1.807, 2.05) is 0 Å². The summed E-state index contributed by atoms with van der Waals surface area (Å²) in [6.45, 7) is 1.64. The number of rotatable bonds is 0. The highest BCUT2D eigenvalue weighted by Gasteiger charge is 2.06. The van der Waals surface area contributed by atoms with Crippen molar-refractivity contribution in [2.24, 2.45) is 7.05 Å². The molecule has 0 aromatic carbocycles. The molecule has 11 heavy (non-hydrogen) atoms. The predicted molar refractivity (Wildman–Crippen MR) is 40.3 cm³/mol. The van der Waals surface area contributed by atoms with Crippen molar-refractivity contribution in [3.05, 3.63) is 16.2 Å². The Morgan fingerprint density at radius 3 is 2.73 bits per heavy atom. The van der Waals surface area contributed by atoms with E-state index in [0.29, 0.717) is 5.82 Å². The second kappa shape index (κ2) is 2.26. The van der Waals surface area contributed by atoms with Gasteiger partial charge in [0, 0.05) is 7.05 Å². The van der Waals surface area contributed by atoms with Crippen molar-refractivity contribution in [1.29, 1.82) is 0 Å². The quantitative estimate of drug-likeness (QED) is 0.523. The highest BCUT2D eigenvalue weighted by atomic mass is 16.3. The minimum absolute atomic E-state index is 0.120. The maximum Gasteiger partial charge on any atom is 0.297 e. The molecule has 5 heteroatoms. The maximum absolute atomic E-state index is 11.0. The van der Waals surface area contributed by atoms with E-state index in [9.17, 15) is 4.79 Å². The van der Waals surface area contributed by atoms with Gasteiger partial charge in [-0.1, -0.05) is 0 Å². The Labute approximate surface area is 63.1 Å². The summed E-state index contributed by atoms with van der Waals surface area (Å²) >= 11 is 0. The van der Waals surface area contributed by atoms with Gasteiger partial charge in [-0.15, -0.1) is 0 Å². The van der Waals surface area contributed by atoms with Gasteiger partial charge < -0.3 is 10.8 Å². The maximum atomic E-state index is 11.0. The number of aryl methyl sites for hydroxylation is 1. The third kappa shape index (κ3) is 1.04. The number of aromatic nitrogens is 2. The van der Waals surface area contributed by atoms with Gasteiger partial charge in [-0.2, -0.15) is 0 Å². The molecule has 1 aromatic rings. The van der Waals surface area contributed by atoms with Gasteiger partial charge in [0.1, 0.15) is 5.82 Å². The lowest BCUT2D eigenvalue weighted by Crippen LogP contribution is -2.21. The monoisotopic (exact) mass is 155 g/mol. The minimum Gasteiger partial charge on any atom is -0.500 e. The van der Waals surface area contributed by atoms with Crippen LogP contribution in [0.25, 0.3) is 0 Å². The number of nitrogens with two attached hydrogens (primary N) is 1. The highest BCUT2D eigenvalue weighted by Crippen LogP contribution is 2.08. The Kier molecular flexibility index (Phi) is 1.56. The van der Waals surface area contributed by atoms with E-state index in [1.165, 1.54) is 11.6 Å². The van der Waals surface area contributed by atoms with Crippen molar-refractivity contribution < 1.29 is 5.11 Å². The highest BCUT2D eigenvalue weighted by molar-refractivity contribution is 5.42. The smallest absolute Gasteiger partial charge is 0.297 e.